The first-order valence-electron chi connectivity index (χ1n) is 13.7. The Morgan fingerprint density at radius 2 is 0.673 bits per heavy atom. The molecule has 0 bridgehead atoms. The normalized spacial score (nSPS) is 17.2. The van der Waals surface area contributed by atoms with E-state index in [4.69, 9.17) is 0 Å². The molecule has 0 saturated heterocycles. The number of hydrogen-bond acceptors (Lipinski definition) is 2. The van der Waals surface area contributed by atoms with Gasteiger partial charge in [-0.1, -0.05) is 0 Å². The Labute approximate surface area is 288 Å². The minimum Gasteiger partial charge on any atom is -0.388 e. The fourth-order valence-corrected chi connectivity index (χ4v) is 4.88. The summed E-state index contributed by atoms with van der Waals surface area (Å²) in [4.78, 5) is 0. The SMILES string of the molecule is COC(CC(O)c1cc(C(C)(F)C(F)(F)F)cc(C(F)(C(F)(F)F)C(F)(F)F)c1)c1cc(C(F)(C(F)(F)F)C(F)(F)F)cc(C(F)(C(F)(F)F)C(F)(F)F)c1. The number of ether oxygens (including phenoxy) is 1. The molecule has 2 nitrogen and oxygen atoms in total. The van der Waals surface area contributed by atoms with Gasteiger partial charge in [0.25, 0.3) is 0 Å². The van der Waals surface area contributed by atoms with Crippen LogP contribution in [0.2, 0.25) is 0 Å². The summed E-state index contributed by atoms with van der Waals surface area (Å²) < 4.78 is 348. The lowest BCUT2D eigenvalue weighted by molar-refractivity contribution is -0.351. The summed E-state index contributed by atoms with van der Waals surface area (Å²) in [6.07, 6.45) is -58.2. The summed E-state index contributed by atoms with van der Waals surface area (Å²) in [7, 11) is 0.181. The Kier molecular flexibility index (Phi) is 12.1. The largest absolute Gasteiger partial charge is 0.435 e. The Morgan fingerprint density at radius 3 is 0.927 bits per heavy atom. The number of halogens is 25. The topological polar surface area (TPSA) is 29.5 Å². The zero-order valence-corrected chi connectivity index (χ0v) is 26.1. The van der Waals surface area contributed by atoms with E-state index in [0.717, 1.165) is 0 Å². The van der Waals surface area contributed by atoms with Crippen molar-refractivity contribution in [1.29, 1.82) is 0 Å². The molecule has 0 fully saturated rings. The summed E-state index contributed by atoms with van der Waals surface area (Å²) in [6.45, 7) is -0.552. The van der Waals surface area contributed by atoms with Gasteiger partial charge in [-0.2, -0.15) is 92.2 Å². The monoisotopic (exact) mass is 860 g/mol. The highest BCUT2D eigenvalue weighted by Crippen LogP contribution is 2.59. The van der Waals surface area contributed by atoms with Crippen molar-refractivity contribution in [2.45, 2.75) is 91.5 Å². The summed E-state index contributed by atoms with van der Waals surface area (Å²) in [5.41, 5.74) is -41.5. The number of rotatable bonds is 9. The lowest BCUT2D eigenvalue weighted by Crippen LogP contribution is -2.52. The van der Waals surface area contributed by atoms with E-state index in [1.165, 1.54) is 0 Å². The number of alkyl halides is 25. The van der Waals surface area contributed by atoms with Crippen LogP contribution < -0.4 is 0 Å². The average Bonchev–Trinajstić information content (AvgIpc) is 2.97. The predicted octanol–water partition coefficient (Wildman–Crippen LogP) is 12.1. The first-order chi connectivity index (χ1) is 24.0. The third kappa shape index (κ3) is 8.09. The third-order valence-corrected chi connectivity index (χ3v) is 8.00. The van der Waals surface area contributed by atoms with Crippen molar-refractivity contribution in [3.8, 4) is 0 Å². The molecule has 0 amide bonds. The summed E-state index contributed by atoms with van der Waals surface area (Å²) >= 11 is 0. The van der Waals surface area contributed by atoms with Crippen molar-refractivity contribution < 1.29 is 120 Å². The van der Waals surface area contributed by atoms with E-state index in [-0.39, 0.29) is 7.11 Å². The van der Waals surface area contributed by atoms with Gasteiger partial charge in [-0.15, -0.1) is 0 Å². The summed E-state index contributed by atoms with van der Waals surface area (Å²) in [5.74, 6) is 0. The number of methoxy groups -OCH3 is 1. The van der Waals surface area contributed by atoms with Crippen LogP contribution in [0.3, 0.4) is 0 Å². The minimum absolute atomic E-state index is 0.181. The van der Waals surface area contributed by atoms with Gasteiger partial charge in [-0.25, -0.2) is 17.6 Å². The second kappa shape index (κ2) is 13.9. The van der Waals surface area contributed by atoms with E-state index in [1.54, 1.807) is 0 Å². The molecule has 0 aliphatic heterocycles. The first-order valence-corrected chi connectivity index (χ1v) is 13.7. The van der Waals surface area contributed by atoms with E-state index >= 15 is 8.78 Å². The Morgan fingerprint density at radius 1 is 0.418 bits per heavy atom. The van der Waals surface area contributed by atoms with Crippen molar-refractivity contribution >= 4 is 0 Å². The molecule has 3 atom stereocenters. The Balaban J connectivity index is 3.09. The van der Waals surface area contributed by atoms with Gasteiger partial charge in [0.1, 0.15) is 0 Å². The number of aliphatic hydroxyl groups is 1. The molecule has 0 heterocycles. The molecule has 1 N–H and O–H groups in total. The summed E-state index contributed by atoms with van der Waals surface area (Å²) in [5, 5.41) is 10.6. The van der Waals surface area contributed by atoms with Crippen LogP contribution in [0.1, 0.15) is 58.9 Å². The van der Waals surface area contributed by atoms with E-state index in [2.05, 4.69) is 4.74 Å². The summed E-state index contributed by atoms with van der Waals surface area (Å²) in [6, 6.07) is -5.33. The van der Waals surface area contributed by atoms with Crippen LogP contribution >= 0.6 is 0 Å². The van der Waals surface area contributed by atoms with Crippen molar-refractivity contribution in [3.05, 3.63) is 69.8 Å². The molecule has 55 heavy (non-hydrogen) atoms. The highest BCUT2D eigenvalue weighted by Gasteiger charge is 2.77. The highest BCUT2D eigenvalue weighted by molar-refractivity contribution is 5.43. The fraction of sp³-hybridized carbons (Fsp3) is 0.571. The molecule has 0 radical (unpaired) electrons. The molecule has 0 spiro atoms. The Bertz CT molecular complexity index is 1570. The standard InChI is InChI=1S/C28H17F25O2/c1-18(29,22(33,34)35)12-3-10(4-13(7-12)19(30,23(36,37)38)24(39,40)41)16(54)9-17(55-2)11-5-14(20(31,25(42,43)44)26(45,46)47)8-15(6-11)21(32,27(48,49)50)28(51,52)53/h3-8,16-17,54H,9H2,1-2H3. The maximum absolute atomic E-state index is 15.0. The van der Waals surface area contributed by atoms with E-state index < -0.39 is 161 Å². The Hall–Kier alpha value is -3.39. The lowest BCUT2D eigenvalue weighted by Gasteiger charge is -2.35. The van der Waals surface area contributed by atoms with Gasteiger partial charge in [-0.3, -0.25) is 0 Å². The predicted molar refractivity (Wildman–Crippen MR) is 131 cm³/mol. The van der Waals surface area contributed by atoms with Gasteiger partial charge >= 0.3 is 60.2 Å². The number of benzene rings is 2. The lowest BCUT2D eigenvalue weighted by atomic mass is 9.83. The van der Waals surface area contributed by atoms with Crippen LogP contribution in [-0.2, 0) is 27.4 Å². The van der Waals surface area contributed by atoms with Crippen LogP contribution in [0.5, 0.6) is 0 Å². The maximum atomic E-state index is 15.0. The van der Waals surface area contributed by atoms with E-state index in [1.807, 2.05) is 0 Å². The van der Waals surface area contributed by atoms with Crippen LogP contribution in [0.25, 0.3) is 0 Å². The van der Waals surface area contributed by atoms with Gasteiger partial charge in [0.05, 0.1) is 12.2 Å². The van der Waals surface area contributed by atoms with Crippen molar-refractivity contribution in [2.75, 3.05) is 7.11 Å². The van der Waals surface area contributed by atoms with Gasteiger partial charge in [0.15, 0.2) is 0 Å². The van der Waals surface area contributed by atoms with Crippen LogP contribution in [0.4, 0.5) is 110 Å². The molecule has 2 aromatic rings. The van der Waals surface area contributed by atoms with Crippen molar-refractivity contribution in [2.24, 2.45) is 0 Å². The quantitative estimate of drug-likeness (QED) is 0.255. The molecular weight excluding hydrogens is 843 g/mol. The van der Waals surface area contributed by atoms with E-state index in [0.29, 0.717) is 0 Å². The molecule has 0 aromatic heterocycles. The molecule has 2 aromatic carbocycles. The van der Waals surface area contributed by atoms with Gasteiger partial charge in [0, 0.05) is 30.2 Å². The minimum atomic E-state index is -7.34. The van der Waals surface area contributed by atoms with Gasteiger partial charge in [-0.05, 0) is 60.0 Å². The first kappa shape index (κ1) is 47.8. The van der Waals surface area contributed by atoms with Gasteiger partial charge in [0.2, 0.25) is 5.67 Å². The van der Waals surface area contributed by atoms with E-state index in [9.17, 15) is 106 Å². The molecule has 316 valence electrons. The molecule has 0 aliphatic rings. The smallest absolute Gasteiger partial charge is 0.388 e. The molecule has 0 saturated carbocycles. The molecule has 3 unspecified atom stereocenters. The maximum Gasteiger partial charge on any atom is 0.435 e. The fourth-order valence-electron chi connectivity index (χ4n) is 4.88. The van der Waals surface area contributed by atoms with Crippen LogP contribution in [-0.4, -0.2) is 55.5 Å². The molecule has 27 heteroatoms. The number of aliphatic hydroxyl groups excluding tert-OH is 1. The molecular formula is C28H17F25O2. The number of hydrogen-bond donors (Lipinski definition) is 1. The van der Waals surface area contributed by atoms with Gasteiger partial charge < -0.3 is 9.84 Å². The highest BCUT2D eigenvalue weighted by atomic mass is 19.5. The van der Waals surface area contributed by atoms with Crippen molar-refractivity contribution in [1.82, 2.24) is 0 Å². The zero-order valence-electron chi connectivity index (χ0n) is 26.1. The third-order valence-electron chi connectivity index (χ3n) is 8.00. The molecule has 2 rings (SSSR count). The second-order valence-electron chi connectivity index (χ2n) is 11.6. The van der Waals surface area contributed by atoms with Crippen molar-refractivity contribution in [3.63, 3.8) is 0 Å². The average molecular weight is 860 g/mol. The van der Waals surface area contributed by atoms with Crippen LogP contribution in [0, 0.1) is 0 Å². The zero-order chi connectivity index (χ0) is 43.8. The van der Waals surface area contributed by atoms with Crippen LogP contribution in [0.15, 0.2) is 36.4 Å². The molecule has 0 aliphatic carbocycles. The second-order valence-corrected chi connectivity index (χ2v) is 11.6.